The van der Waals surface area contributed by atoms with E-state index in [1.807, 2.05) is 42.5 Å². The molecule has 3 aromatic rings. The van der Waals surface area contributed by atoms with Gasteiger partial charge < -0.3 is 10.2 Å². The van der Waals surface area contributed by atoms with E-state index in [1.54, 1.807) is 19.3 Å². The number of rotatable bonds is 3. The Morgan fingerprint density at radius 2 is 2.00 bits per heavy atom. The number of likely N-dealkylation sites (N-methyl/N-ethyl adjacent to an activating group) is 1. The number of nitrogens with zero attached hydrogens (tertiary/aromatic N) is 2. The third kappa shape index (κ3) is 3.13. The zero-order valence-corrected chi connectivity index (χ0v) is 17.1. The van der Waals surface area contributed by atoms with Crippen LogP contribution in [-0.4, -0.2) is 40.3 Å². The summed E-state index contributed by atoms with van der Waals surface area (Å²) in [5.41, 5.74) is 3.65. The molecule has 2 heterocycles. The average molecular weight is 414 g/mol. The number of para-hydroxylation sites is 1. The Balaban J connectivity index is 1.33. The first kappa shape index (κ1) is 19.2. The first-order valence-electron chi connectivity index (χ1n) is 10.3. The lowest BCUT2D eigenvalue weighted by Crippen LogP contribution is -2.51. The monoisotopic (exact) mass is 414 g/mol. The summed E-state index contributed by atoms with van der Waals surface area (Å²) in [7, 11) is 1.66. The molecular formula is C24H22N4O3. The molecule has 156 valence electrons. The number of imide groups is 1. The largest absolute Gasteiger partial charge is 0.348 e. The summed E-state index contributed by atoms with van der Waals surface area (Å²) in [4.78, 5) is 43.1. The van der Waals surface area contributed by atoms with E-state index in [0.717, 1.165) is 27.6 Å². The van der Waals surface area contributed by atoms with Crippen molar-refractivity contribution in [3.63, 3.8) is 0 Å². The van der Waals surface area contributed by atoms with E-state index < -0.39 is 5.54 Å². The topological polar surface area (TPSA) is 91.4 Å². The van der Waals surface area contributed by atoms with E-state index in [-0.39, 0.29) is 17.8 Å². The molecule has 0 saturated carbocycles. The van der Waals surface area contributed by atoms with Crippen LogP contribution in [-0.2, 0) is 24.2 Å². The van der Waals surface area contributed by atoms with Crippen LogP contribution in [0.2, 0.25) is 0 Å². The number of aryl methyl sites for hydroxylation is 1. The van der Waals surface area contributed by atoms with Gasteiger partial charge in [0.2, 0.25) is 0 Å². The van der Waals surface area contributed by atoms with Crippen molar-refractivity contribution in [2.24, 2.45) is 0 Å². The molecule has 2 aliphatic rings. The fraction of sp³-hybridized carbons (Fsp3) is 0.250. The van der Waals surface area contributed by atoms with Gasteiger partial charge in [0.05, 0.1) is 5.52 Å². The lowest BCUT2D eigenvalue weighted by Gasteiger charge is -2.37. The molecule has 1 aliphatic heterocycles. The molecule has 1 spiro atoms. The van der Waals surface area contributed by atoms with Crippen molar-refractivity contribution < 1.29 is 14.4 Å². The highest BCUT2D eigenvalue weighted by Crippen LogP contribution is 2.36. The normalized spacial score (nSPS) is 20.1. The predicted molar refractivity (Wildman–Crippen MR) is 115 cm³/mol. The Kier molecular flexibility index (Phi) is 4.46. The summed E-state index contributed by atoms with van der Waals surface area (Å²) in [5, 5.41) is 6.44. The number of hydrogen-bond donors (Lipinski definition) is 2. The molecule has 2 N–H and O–H groups in total. The minimum atomic E-state index is -0.824. The first-order chi connectivity index (χ1) is 15.0. The third-order valence-corrected chi connectivity index (χ3v) is 6.50. The van der Waals surface area contributed by atoms with E-state index in [9.17, 15) is 14.4 Å². The van der Waals surface area contributed by atoms with Gasteiger partial charge in [0.15, 0.2) is 0 Å². The summed E-state index contributed by atoms with van der Waals surface area (Å²) in [6, 6.07) is 15.0. The molecule has 7 nitrogen and oxygen atoms in total. The number of aromatic nitrogens is 1. The van der Waals surface area contributed by atoms with Crippen molar-refractivity contribution in [3.05, 3.63) is 77.0 Å². The fourth-order valence-electron chi connectivity index (χ4n) is 4.63. The van der Waals surface area contributed by atoms with Gasteiger partial charge >= 0.3 is 6.03 Å². The van der Waals surface area contributed by atoms with E-state index in [4.69, 9.17) is 0 Å². The van der Waals surface area contributed by atoms with Gasteiger partial charge in [-0.25, -0.2) is 4.79 Å². The van der Waals surface area contributed by atoms with Crippen molar-refractivity contribution in [1.29, 1.82) is 0 Å². The van der Waals surface area contributed by atoms with Gasteiger partial charge in [-0.2, -0.15) is 0 Å². The lowest BCUT2D eigenvalue weighted by molar-refractivity contribution is -0.126. The number of urea groups is 1. The Hall–Kier alpha value is -3.74. The predicted octanol–water partition coefficient (Wildman–Crippen LogP) is 2.57. The van der Waals surface area contributed by atoms with Crippen molar-refractivity contribution in [2.45, 2.75) is 31.3 Å². The summed E-state index contributed by atoms with van der Waals surface area (Å²) >= 11 is 0. The fourth-order valence-corrected chi connectivity index (χ4v) is 4.63. The van der Waals surface area contributed by atoms with Gasteiger partial charge in [0, 0.05) is 37.2 Å². The minimum Gasteiger partial charge on any atom is -0.348 e. The second kappa shape index (κ2) is 7.19. The molecule has 1 unspecified atom stereocenters. The smallest absolute Gasteiger partial charge is 0.324 e. The number of amides is 4. The Bertz CT molecular complexity index is 1230. The van der Waals surface area contributed by atoms with Crippen molar-refractivity contribution in [2.75, 3.05) is 7.05 Å². The van der Waals surface area contributed by atoms with Crippen LogP contribution in [0.15, 0.2) is 54.7 Å². The molecule has 1 saturated heterocycles. The maximum atomic E-state index is 12.8. The first-order valence-corrected chi connectivity index (χ1v) is 10.3. The van der Waals surface area contributed by atoms with E-state index in [2.05, 4.69) is 15.6 Å². The molecule has 4 amide bonds. The highest BCUT2D eigenvalue weighted by Gasteiger charge is 2.52. The molecule has 31 heavy (non-hydrogen) atoms. The summed E-state index contributed by atoms with van der Waals surface area (Å²) < 4.78 is 0. The van der Waals surface area contributed by atoms with Gasteiger partial charge in [0.25, 0.3) is 11.8 Å². The van der Waals surface area contributed by atoms with Crippen LogP contribution >= 0.6 is 0 Å². The van der Waals surface area contributed by atoms with Gasteiger partial charge in [-0.15, -0.1) is 0 Å². The molecule has 1 fully saturated rings. The number of carbonyl (C=O) groups is 3. The quantitative estimate of drug-likeness (QED) is 0.645. The summed E-state index contributed by atoms with van der Waals surface area (Å²) in [6.45, 7) is 0.389. The molecule has 1 atom stereocenters. The van der Waals surface area contributed by atoms with Crippen LogP contribution in [0.5, 0.6) is 0 Å². The average Bonchev–Trinajstić information content (AvgIpc) is 3.00. The van der Waals surface area contributed by atoms with Crippen LogP contribution in [0.3, 0.4) is 0 Å². The molecule has 0 bridgehead atoms. The number of nitrogens with one attached hydrogen (secondary N) is 2. The highest BCUT2D eigenvalue weighted by atomic mass is 16.2. The van der Waals surface area contributed by atoms with Crippen molar-refractivity contribution in [1.82, 2.24) is 20.5 Å². The Morgan fingerprint density at radius 3 is 2.81 bits per heavy atom. The lowest BCUT2D eigenvalue weighted by atomic mass is 9.77. The van der Waals surface area contributed by atoms with Crippen LogP contribution < -0.4 is 10.6 Å². The molecule has 7 heteroatoms. The molecule has 5 rings (SSSR count). The number of benzene rings is 2. The number of pyridine rings is 1. The standard InChI is InChI=1S/C24H22N4O3/c1-28-23(31)27-22(30)24(28)10-9-16-12-17(7-8-18(16)13-24)21(29)26-14-19-5-2-4-15-6-3-11-25-20(15)19/h2-8,11-12H,9-10,13-14H2,1H3,(H,26,29)(H,27,30,31). The van der Waals surface area contributed by atoms with Crippen LogP contribution in [0.1, 0.15) is 33.5 Å². The molecular weight excluding hydrogens is 392 g/mol. The van der Waals surface area contributed by atoms with Gasteiger partial charge in [-0.3, -0.25) is 19.9 Å². The maximum absolute atomic E-state index is 12.8. The van der Waals surface area contributed by atoms with Crippen LogP contribution in [0.25, 0.3) is 10.9 Å². The molecule has 1 aromatic heterocycles. The van der Waals surface area contributed by atoms with E-state index in [0.29, 0.717) is 31.4 Å². The Morgan fingerprint density at radius 1 is 1.16 bits per heavy atom. The van der Waals surface area contributed by atoms with Gasteiger partial charge in [-0.1, -0.05) is 30.3 Å². The zero-order chi connectivity index (χ0) is 21.6. The van der Waals surface area contributed by atoms with Crippen molar-refractivity contribution >= 4 is 28.7 Å². The Labute approximate surface area is 179 Å². The number of fused-ring (bicyclic) bond motifs is 2. The number of hydrogen-bond acceptors (Lipinski definition) is 4. The number of carbonyl (C=O) groups excluding carboxylic acids is 3. The molecule has 2 aromatic carbocycles. The molecule has 1 aliphatic carbocycles. The minimum absolute atomic E-state index is 0.151. The van der Waals surface area contributed by atoms with Crippen LogP contribution in [0, 0.1) is 0 Å². The maximum Gasteiger partial charge on any atom is 0.324 e. The van der Waals surface area contributed by atoms with E-state index in [1.165, 1.54) is 4.90 Å². The SMILES string of the molecule is CN1C(=O)NC(=O)C12CCc1cc(C(=O)NCc3cccc4cccnc34)ccc1C2. The zero-order valence-electron chi connectivity index (χ0n) is 17.1. The van der Waals surface area contributed by atoms with Gasteiger partial charge in [0.1, 0.15) is 5.54 Å². The summed E-state index contributed by atoms with van der Waals surface area (Å²) in [6.07, 6.45) is 3.38. The summed E-state index contributed by atoms with van der Waals surface area (Å²) in [5.74, 6) is -0.391. The second-order valence-electron chi connectivity index (χ2n) is 8.19. The highest BCUT2D eigenvalue weighted by molar-refractivity contribution is 6.07. The van der Waals surface area contributed by atoms with Crippen molar-refractivity contribution in [3.8, 4) is 0 Å². The van der Waals surface area contributed by atoms with E-state index >= 15 is 0 Å². The third-order valence-electron chi connectivity index (χ3n) is 6.50. The second-order valence-corrected chi connectivity index (χ2v) is 8.19. The van der Waals surface area contributed by atoms with Crippen LogP contribution in [0.4, 0.5) is 4.79 Å². The van der Waals surface area contributed by atoms with Gasteiger partial charge in [-0.05, 0) is 47.7 Å². The molecule has 0 radical (unpaired) electrons.